The number of methoxy groups -OCH3 is 1. The summed E-state index contributed by atoms with van der Waals surface area (Å²) >= 11 is 0. The molecule has 0 aromatic heterocycles. The Morgan fingerprint density at radius 2 is 1.93 bits per heavy atom. The molecule has 2 aromatic carbocycles. The third-order valence-electron chi connectivity index (χ3n) is 5.10. The molecule has 0 radical (unpaired) electrons. The van der Waals surface area contributed by atoms with Crippen molar-refractivity contribution in [2.24, 2.45) is 0 Å². The fourth-order valence-electron chi connectivity index (χ4n) is 3.57. The van der Waals surface area contributed by atoms with Gasteiger partial charge in [-0.2, -0.15) is 0 Å². The van der Waals surface area contributed by atoms with E-state index >= 15 is 0 Å². The Morgan fingerprint density at radius 1 is 1.15 bits per heavy atom. The van der Waals surface area contributed by atoms with Crippen molar-refractivity contribution in [3.8, 4) is 11.5 Å². The smallest absolute Gasteiger partial charge is 0.159 e. The van der Waals surface area contributed by atoms with Crippen LogP contribution in [0.5, 0.6) is 11.5 Å². The lowest BCUT2D eigenvalue weighted by Gasteiger charge is -2.34. The number of anilines is 1. The van der Waals surface area contributed by atoms with E-state index in [2.05, 4.69) is 17.0 Å². The number of ketones is 1. The maximum absolute atomic E-state index is 11.7. The third kappa shape index (κ3) is 4.80. The van der Waals surface area contributed by atoms with Crippen molar-refractivity contribution < 1.29 is 19.2 Å². The molecule has 1 heterocycles. The van der Waals surface area contributed by atoms with Crippen LogP contribution >= 0.6 is 0 Å². The first-order chi connectivity index (χ1) is 13.1. The predicted molar refractivity (Wildman–Crippen MR) is 107 cm³/mol. The van der Waals surface area contributed by atoms with Crippen molar-refractivity contribution in [1.29, 1.82) is 0 Å². The molecule has 0 atom stereocenters. The summed E-state index contributed by atoms with van der Waals surface area (Å²) in [6.07, 6.45) is 0. The van der Waals surface area contributed by atoms with Gasteiger partial charge >= 0.3 is 0 Å². The first-order valence-electron chi connectivity index (χ1n) is 9.60. The van der Waals surface area contributed by atoms with Gasteiger partial charge < -0.3 is 19.3 Å². The van der Waals surface area contributed by atoms with Gasteiger partial charge in [-0.25, -0.2) is 0 Å². The van der Waals surface area contributed by atoms with Crippen LogP contribution < -0.4 is 19.3 Å². The number of hydrogen-bond acceptors (Lipinski definition) is 4. The average Bonchev–Trinajstić information content (AvgIpc) is 2.70. The van der Waals surface area contributed by atoms with Gasteiger partial charge in [-0.1, -0.05) is 6.07 Å². The van der Waals surface area contributed by atoms with Crippen LogP contribution in [-0.2, 0) is 6.54 Å². The highest BCUT2D eigenvalue weighted by atomic mass is 16.5. The minimum absolute atomic E-state index is 0.0946. The van der Waals surface area contributed by atoms with Gasteiger partial charge in [0, 0.05) is 22.9 Å². The summed E-state index contributed by atoms with van der Waals surface area (Å²) in [6.45, 7) is 9.20. The van der Waals surface area contributed by atoms with Gasteiger partial charge in [0.2, 0.25) is 0 Å². The number of Topliss-reactive ketones (excluding diaryl/α,β-unsaturated/α-hetero) is 1. The second-order valence-corrected chi connectivity index (χ2v) is 6.93. The number of nitrogens with one attached hydrogen (secondary N) is 1. The van der Waals surface area contributed by atoms with Crippen LogP contribution in [0.1, 0.15) is 29.8 Å². The summed E-state index contributed by atoms with van der Waals surface area (Å²) in [5, 5.41) is 0. The lowest BCUT2D eigenvalue weighted by Crippen LogP contribution is -3.13. The first kappa shape index (κ1) is 19.2. The van der Waals surface area contributed by atoms with E-state index in [1.807, 2.05) is 37.3 Å². The van der Waals surface area contributed by atoms with E-state index in [1.165, 1.54) is 10.6 Å². The summed E-state index contributed by atoms with van der Waals surface area (Å²) in [5.74, 6) is 1.88. The van der Waals surface area contributed by atoms with Crippen LogP contribution in [0, 0.1) is 0 Å². The zero-order valence-corrected chi connectivity index (χ0v) is 16.5. The fraction of sp³-hybridized carbons (Fsp3) is 0.409. The lowest BCUT2D eigenvalue weighted by molar-refractivity contribution is -0.914. The fourth-order valence-corrected chi connectivity index (χ4v) is 3.57. The molecule has 0 amide bonds. The first-order valence-corrected chi connectivity index (χ1v) is 9.60. The zero-order valence-electron chi connectivity index (χ0n) is 16.5. The van der Waals surface area contributed by atoms with Crippen LogP contribution in [0.15, 0.2) is 42.5 Å². The highest BCUT2D eigenvalue weighted by Gasteiger charge is 2.22. The maximum atomic E-state index is 11.7. The molecule has 5 nitrogen and oxygen atoms in total. The Labute approximate surface area is 161 Å². The summed E-state index contributed by atoms with van der Waals surface area (Å²) in [4.78, 5) is 15.7. The summed E-state index contributed by atoms with van der Waals surface area (Å²) in [5.41, 5.74) is 3.08. The lowest BCUT2D eigenvalue weighted by atomic mass is 10.1. The average molecular weight is 369 g/mol. The van der Waals surface area contributed by atoms with Crippen molar-refractivity contribution in [1.82, 2.24) is 0 Å². The van der Waals surface area contributed by atoms with Crippen LogP contribution in [0.25, 0.3) is 0 Å². The molecule has 1 aliphatic rings. The topological polar surface area (TPSA) is 43.2 Å². The van der Waals surface area contributed by atoms with Crippen molar-refractivity contribution in [3.05, 3.63) is 53.6 Å². The van der Waals surface area contributed by atoms with Crippen LogP contribution in [-0.4, -0.2) is 45.7 Å². The van der Waals surface area contributed by atoms with E-state index in [0.29, 0.717) is 6.61 Å². The summed E-state index contributed by atoms with van der Waals surface area (Å²) in [6, 6.07) is 14.0. The van der Waals surface area contributed by atoms with Crippen LogP contribution in [0.4, 0.5) is 5.69 Å². The molecule has 2 aromatic rings. The molecule has 1 saturated heterocycles. The molecular formula is C22H29N2O3+. The molecular weight excluding hydrogens is 340 g/mol. The van der Waals surface area contributed by atoms with Crippen molar-refractivity contribution in [2.45, 2.75) is 20.4 Å². The molecule has 1 fully saturated rings. The van der Waals surface area contributed by atoms with Gasteiger partial charge in [-0.05, 0) is 44.2 Å². The molecule has 3 rings (SSSR count). The Morgan fingerprint density at radius 3 is 2.59 bits per heavy atom. The van der Waals surface area contributed by atoms with Crippen molar-refractivity contribution in [3.63, 3.8) is 0 Å². The third-order valence-corrected chi connectivity index (χ3v) is 5.10. The minimum Gasteiger partial charge on any atom is -0.497 e. The van der Waals surface area contributed by atoms with Crippen LogP contribution in [0.2, 0.25) is 0 Å². The molecule has 1 N–H and O–H groups in total. The predicted octanol–water partition coefficient (Wildman–Crippen LogP) is 2.20. The van der Waals surface area contributed by atoms with E-state index in [9.17, 15) is 4.79 Å². The van der Waals surface area contributed by atoms with E-state index in [-0.39, 0.29) is 5.78 Å². The van der Waals surface area contributed by atoms with Gasteiger partial charge in [0.1, 0.15) is 18.0 Å². The normalized spacial score (nSPS) is 14.9. The van der Waals surface area contributed by atoms with E-state index in [0.717, 1.165) is 55.3 Å². The van der Waals surface area contributed by atoms with Gasteiger partial charge in [0.15, 0.2) is 5.78 Å². The number of hydrogen-bond donors (Lipinski definition) is 1. The number of nitrogens with zero attached hydrogens (tertiary/aromatic N) is 1. The quantitative estimate of drug-likeness (QED) is 0.760. The van der Waals surface area contributed by atoms with Crippen molar-refractivity contribution >= 4 is 11.5 Å². The highest BCUT2D eigenvalue weighted by molar-refractivity contribution is 5.94. The minimum atomic E-state index is 0.0946. The number of quaternary nitrogens is 1. The van der Waals surface area contributed by atoms with Gasteiger partial charge in [-0.3, -0.25) is 4.79 Å². The summed E-state index contributed by atoms with van der Waals surface area (Å²) in [7, 11) is 1.70. The SMILES string of the molecule is CCOc1ccc(C(C)=O)cc1C[NH+]1CCN(c2cccc(OC)c2)CC1. The Balaban J connectivity index is 1.66. The molecule has 0 unspecified atom stereocenters. The monoisotopic (exact) mass is 369 g/mol. The zero-order chi connectivity index (χ0) is 19.2. The Bertz CT molecular complexity index is 783. The summed E-state index contributed by atoms with van der Waals surface area (Å²) < 4.78 is 11.1. The second-order valence-electron chi connectivity index (χ2n) is 6.93. The number of ether oxygens (including phenoxy) is 2. The van der Waals surface area contributed by atoms with Crippen molar-refractivity contribution in [2.75, 3.05) is 44.8 Å². The molecule has 0 aliphatic carbocycles. The number of piperazine rings is 1. The van der Waals surface area contributed by atoms with E-state index < -0.39 is 0 Å². The Kier molecular flexibility index (Phi) is 6.35. The standard InChI is InChI=1S/C22H28N2O3/c1-4-27-22-9-8-18(17(2)25)14-19(22)16-23-10-12-24(13-11-23)20-6-5-7-21(15-20)26-3/h5-9,14-15H,4,10-13,16H2,1-3H3/p+1. The van der Waals surface area contributed by atoms with Gasteiger partial charge in [-0.15, -0.1) is 0 Å². The molecule has 27 heavy (non-hydrogen) atoms. The molecule has 0 spiro atoms. The number of carbonyl (C=O) groups is 1. The van der Waals surface area contributed by atoms with E-state index in [1.54, 1.807) is 14.0 Å². The molecule has 5 heteroatoms. The number of rotatable bonds is 7. The Hall–Kier alpha value is -2.53. The molecule has 144 valence electrons. The maximum Gasteiger partial charge on any atom is 0.159 e. The molecule has 1 aliphatic heterocycles. The van der Waals surface area contributed by atoms with E-state index in [4.69, 9.17) is 9.47 Å². The number of benzene rings is 2. The van der Waals surface area contributed by atoms with Crippen LogP contribution in [0.3, 0.4) is 0 Å². The highest BCUT2D eigenvalue weighted by Crippen LogP contribution is 2.22. The molecule has 0 bridgehead atoms. The second kappa shape index (κ2) is 8.91. The largest absolute Gasteiger partial charge is 0.497 e. The van der Waals surface area contributed by atoms with Gasteiger partial charge in [0.05, 0.1) is 39.9 Å². The number of carbonyl (C=O) groups excluding carboxylic acids is 1. The molecule has 0 saturated carbocycles. The van der Waals surface area contributed by atoms with Gasteiger partial charge in [0.25, 0.3) is 0 Å².